The predicted octanol–water partition coefficient (Wildman–Crippen LogP) is -1.22. The molecule has 0 fully saturated rings. The van der Waals surface area contributed by atoms with Crippen LogP contribution in [-0.2, 0) is 57.5 Å². The van der Waals surface area contributed by atoms with Crippen LogP contribution in [0.1, 0.15) is 44.9 Å². The molecule has 0 aliphatic heterocycles. The maximum atomic E-state index is 9.87. The lowest BCUT2D eigenvalue weighted by Crippen LogP contribution is -2.09. The third kappa shape index (κ3) is 85.4. The topological polar surface area (TPSA) is 448 Å². The molecular weight excluding hydrogens is 660 g/mol. The molecule has 0 aliphatic carbocycles. The zero-order valence-electron chi connectivity index (χ0n) is 23.6. The van der Waals surface area contributed by atoms with Crippen molar-refractivity contribution in [1.29, 1.82) is 0 Å². The predicted molar refractivity (Wildman–Crippen MR) is 142 cm³/mol. The summed E-state index contributed by atoms with van der Waals surface area (Å²) in [5.41, 5.74) is -0.303. The van der Waals surface area contributed by atoms with Gasteiger partial charge in [0.1, 0.15) is 6.42 Å². The van der Waals surface area contributed by atoms with Gasteiger partial charge in [0.15, 0.2) is 0 Å². The van der Waals surface area contributed by atoms with Gasteiger partial charge in [0.25, 0.3) is 0 Å². The van der Waals surface area contributed by atoms with E-state index in [0.29, 0.717) is 12.2 Å². The lowest BCUT2D eigenvalue weighted by Gasteiger charge is -1.91. The molecule has 24 heteroatoms. The number of hydrogen-bond donors (Lipinski definition) is 12. The Morgan fingerprint density at radius 2 is 0.617 bits per heavy atom. The minimum Gasteiger partial charge on any atom is -0.481 e. The zero-order chi connectivity index (χ0) is 38.9. The summed E-state index contributed by atoms with van der Waals surface area (Å²) in [6, 6.07) is 0. The third-order valence-corrected chi connectivity index (χ3v) is 2.85. The first kappa shape index (κ1) is 52.7. The second kappa shape index (κ2) is 33.6. The van der Waals surface area contributed by atoms with Crippen LogP contribution in [0.25, 0.3) is 0 Å². The van der Waals surface area contributed by atoms with E-state index in [2.05, 4.69) is 6.58 Å². The van der Waals surface area contributed by atoms with Crippen molar-refractivity contribution >= 4 is 71.6 Å². The molecule has 24 nitrogen and oxygen atoms in total. The van der Waals surface area contributed by atoms with Gasteiger partial charge in [0.2, 0.25) is 0 Å². The molecule has 0 aromatic heterocycles. The summed E-state index contributed by atoms with van der Waals surface area (Å²) in [6.45, 7) is 3.01. The van der Waals surface area contributed by atoms with Gasteiger partial charge in [0, 0.05) is 30.6 Å². The maximum Gasteiger partial charge on any atom is 0.414 e. The van der Waals surface area contributed by atoms with Gasteiger partial charge >= 0.3 is 71.6 Å². The van der Waals surface area contributed by atoms with Crippen LogP contribution >= 0.6 is 0 Å². The quantitative estimate of drug-likeness (QED) is 0.0577. The molecule has 0 rings (SSSR count). The standard InChI is InChI=1S/C5H6O4.C5H8O4.C4H6O4.C4H4O4.C3H4O4.C2H2O4/c1-3(5(8)9)2-4(6)7;6-4(7)2-1-3-5(8)9;2*5-3(6)1-2-4(7)8;4-2(5)1-3(6)7;3-1(4)2(5)6/h1-2H2,(H,6,7)(H,8,9);1-3H2,(H,6,7)(H,8,9);1-2H2,(H,5,6)(H,7,8);1-2H,(H,5,6)(H,7,8);1H2,(H,4,5)(H,6,7);(H,3,4)(H,5,6)/b;;;2-1-;;. The van der Waals surface area contributed by atoms with Crippen molar-refractivity contribution in [2.24, 2.45) is 0 Å². The van der Waals surface area contributed by atoms with Crippen LogP contribution in [-0.4, -0.2) is 133 Å². The molecular formula is C23H30O24. The number of hydrogen-bond acceptors (Lipinski definition) is 12. The van der Waals surface area contributed by atoms with Crippen LogP contribution in [0.2, 0.25) is 0 Å². The van der Waals surface area contributed by atoms with Gasteiger partial charge in [-0.1, -0.05) is 6.58 Å². The minimum atomic E-state index is -1.82. The Bertz CT molecular complexity index is 1090. The number of carboxylic acid groups (broad SMARTS) is 12. The largest absolute Gasteiger partial charge is 0.481 e. The average Bonchev–Trinajstić information content (AvgIpc) is 2.86. The van der Waals surface area contributed by atoms with Crippen molar-refractivity contribution < 1.29 is 119 Å². The van der Waals surface area contributed by atoms with E-state index < -0.39 is 84.5 Å². The summed E-state index contributed by atoms with van der Waals surface area (Å²) in [5, 5.41) is 93.8. The highest BCUT2D eigenvalue weighted by atomic mass is 16.4. The second-order valence-corrected chi connectivity index (χ2v) is 6.99. The van der Waals surface area contributed by atoms with E-state index in [1.165, 1.54) is 0 Å². The van der Waals surface area contributed by atoms with Crippen LogP contribution in [0.3, 0.4) is 0 Å². The zero-order valence-corrected chi connectivity index (χ0v) is 23.6. The minimum absolute atomic E-state index is 0.0632. The van der Waals surface area contributed by atoms with Gasteiger partial charge in [-0.3, -0.25) is 33.6 Å². The Hall–Kier alpha value is -6.88. The highest BCUT2D eigenvalue weighted by Crippen LogP contribution is 1.96. The molecule has 0 aromatic rings. The molecule has 12 N–H and O–H groups in total. The van der Waals surface area contributed by atoms with E-state index in [9.17, 15) is 47.9 Å². The lowest BCUT2D eigenvalue weighted by molar-refractivity contribution is -0.159. The molecule has 0 heterocycles. The van der Waals surface area contributed by atoms with Gasteiger partial charge < -0.3 is 61.3 Å². The van der Waals surface area contributed by atoms with E-state index in [1.807, 2.05) is 0 Å². The summed E-state index contributed by atoms with van der Waals surface area (Å²) >= 11 is 0. The van der Waals surface area contributed by atoms with Crippen molar-refractivity contribution in [3.63, 3.8) is 0 Å². The van der Waals surface area contributed by atoms with Crippen LogP contribution < -0.4 is 0 Å². The molecule has 0 radical (unpaired) electrons. The molecule has 0 saturated carbocycles. The van der Waals surface area contributed by atoms with E-state index in [-0.39, 0.29) is 37.7 Å². The molecule has 0 amide bonds. The average molecular weight is 690 g/mol. The Morgan fingerprint density at radius 1 is 0.362 bits per heavy atom. The highest BCUT2D eigenvalue weighted by molar-refractivity contribution is 6.27. The van der Waals surface area contributed by atoms with Crippen molar-refractivity contribution in [3.05, 3.63) is 24.3 Å². The van der Waals surface area contributed by atoms with Crippen LogP contribution in [0.5, 0.6) is 0 Å². The first-order chi connectivity index (χ1) is 21.2. The first-order valence-electron chi connectivity index (χ1n) is 11.2. The Kier molecular flexibility index (Phi) is 37.7. The monoisotopic (exact) mass is 690 g/mol. The summed E-state index contributed by atoms with van der Waals surface area (Å²) < 4.78 is 0. The normalized spacial score (nSPS) is 8.51. The smallest absolute Gasteiger partial charge is 0.414 e. The summed E-state index contributed by atoms with van der Waals surface area (Å²) in [5.74, 6) is -15.3. The molecule has 0 unspecified atom stereocenters. The molecule has 0 saturated heterocycles. The summed E-state index contributed by atoms with van der Waals surface area (Å²) in [4.78, 5) is 115. The molecule has 0 spiro atoms. The summed E-state index contributed by atoms with van der Waals surface area (Å²) in [7, 11) is 0. The number of aliphatic carboxylic acids is 12. The van der Waals surface area contributed by atoms with Crippen LogP contribution in [0.4, 0.5) is 0 Å². The lowest BCUT2D eigenvalue weighted by atomic mass is 10.2. The van der Waals surface area contributed by atoms with Gasteiger partial charge in [-0.15, -0.1) is 0 Å². The van der Waals surface area contributed by atoms with Crippen LogP contribution in [0, 0.1) is 0 Å². The Balaban J connectivity index is -0.000000108. The summed E-state index contributed by atoms with van der Waals surface area (Å²) in [6.07, 6.45) is -0.700. The van der Waals surface area contributed by atoms with Gasteiger partial charge in [-0.2, -0.15) is 0 Å². The SMILES string of the molecule is C=C(CC(=O)O)C(=O)O.O=C(O)/C=C\C(=O)O.O=C(O)C(=O)O.O=C(O)CC(=O)O.O=C(O)CCC(=O)O.O=C(O)CCCC(=O)O. The molecule has 0 aromatic carbocycles. The van der Waals surface area contributed by atoms with Crippen LogP contribution in [0.15, 0.2) is 24.3 Å². The fourth-order valence-electron chi connectivity index (χ4n) is 1.13. The first-order valence-corrected chi connectivity index (χ1v) is 11.2. The molecule has 266 valence electrons. The van der Waals surface area contributed by atoms with Gasteiger partial charge in [0.05, 0.1) is 19.3 Å². The molecule has 0 atom stereocenters. The van der Waals surface area contributed by atoms with E-state index in [4.69, 9.17) is 70.9 Å². The Labute approximate surface area is 260 Å². The number of rotatable bonds is 14. The van der Waals surface area contributed by atoms with Gasteiger partial charge in [-0.05, 0) is 6.42 Å². The van der Waals surface area contributed by atoms with Crippen molar-refractivity contribution in [2.75, 3.05) is 0 Å². The number of carbonyl (C=O) groups is 12. The molecule has 47 heavy (non-hydrogen) atoms. The fourth-order valence-corrected chi connectivity index (χ4v) is 1.13. The van der Waals surface area contributed by atoms with E-state index >= 15 is 0 Å². The van der Waals surface area contributed by atoms with Gasteiger partial charge in [-0.25, -0.2) is 24.0 Å². The van der Waals surface area contributed by atoms with E-state index in [0.717, 1.165) is 0 Å². The highest BCUT2D eigenvalue weighted by Gasteiger charge is 2.07. The molecule has 0 aliphatic rings. The third-order valence-electron chi connectivity index (χ3n) is 2.85. The van der Waals surface area contributed by atoms with Crippen molar-refractivity contribution in [2.45, 2.75) is 44.9 Å². The fraction of sp³-hybridized carbons (Fsp3) is 0.304. The second-order valence-electron chi connectivity index (χ2n) is 6.99. The van der Waals surface area contributed by atoms with Crippen molar-refractivity contribution in [3.8, 4) is 0 Å². The molecule has 0 bridgehead atoms. The Morgan fingerprint density at radius 3 is 0.723 bits per heavy atom. The number of carboxylic acids is 12. The van der Waals surface area contributed by atoms with Crippen molar-refractivity contribution in [1.82, 2.24) is 0 Å². The maximum absolute atomic E-state index is 9.87. The van der Waals surface area contributed by atoms with E-state index in [1.54, 1.807) is 0 Å².